The molecule has 1 aliphatic heterocycles. The normalized spacial score (nSPS) is 33.8. The second kappa shape index (κ2) is 7.26. The van der Waals surface area contributed by atoms with Gasteiger partial charge in [-0.05, 0) is 30.9 Å². The summed E-state index contributed by atoms with van der Waals surface area (Å²) < 4.78 is 1.18. The Balaban J connectivity index is 1.47. The van der Waals surface area contributed by atoms with Gasteiger partial charge in [-0.2, -0.15) is 0 Å². The Morgan fingerprint density at radius 1 is 1.05 bits per heavy atom. The molecule has 3 rings (SSSR count). The third-order valence-corrected chi connectivity index (χ3v) is 6.01. The number of hydrogen-bond donors (Lipinski definition) is 2. The van der Waals surface area contributed by atoms with Crippen molar-refractivity contribution in [2.75, 3.05) is 26.2 Å². The molecule has 0 bridgehead atoms. The fourth-order valence-corrected chi connectivity index (χ4v) is 4.47. The van der Waals surface area contributed by atoms with Crippen LogP contribution in [0.5, 0.6) is 0 Å². The van der Waals surface area contributed by atoms with Crippen molar-refractivity contribution in [2.45, 2.75) is 45.2 Å². The molecule has 1 aromatic rings. The molecule has 1 saturated heterocycles. The second-order valence-corrected chi connectivity index (χ2v) is 8.10. The molecular weight excluding hydrogens is 324 g/mol. The molecule has 1 aliphatic carbocycles. The van der Waals surface area contributed by atoms with Gasteiger partial charge >= 0.3 is 0 Å². The molecule has 0 aromatic heterocycles. The van der Waals surface area contributed by atoms with Crippen LogP contribution in [0.1, 0.15) is 38.2 Å². The maximum absolute atomic E-state index is 3.52. The molecule has 1 saturated carbocycles. The van der Waals surface area contributed by atoms with Crippen molar-refractivity contribution >= 4 is 15.9 Å². The largest absolute Gasteiger partial charge is 0.323 e. The first kappa shape index (κ1) is 15.5. The molecule has 2 fully saturated rings. The third kappa shape index (κ3) is 4.30. The van der Waals surface area contributed by atoms with E-state index in [4.69, 9.17) is 0 Å². The van der Waals surface area contributed by atoms with Crippen molar-refractivity contribution in [3.05, 3.63) is 34.3 Å². The average Bonchev–Trinajstić information content (AvgIpc) is 2.50. The predicted molar refractivity (Wildman–Crippen MR) is 90.7 cm³/mol. The van der Waals surface area contributed by atoms with E-state index in [0.29, 0.717) is 0 Å². The minimum absolute atomic E-state index is 0.961. The molecule has 21 heavy (non-hydrogen) atoms. The highest BCUT2D eigenvalue weighted by Gasteiger charge is 2.32. The summed E-state index contributed by atoms with van der Waals surface area (Å²) in [4.78, 5) is 3.67. The number of halogens is 1. The van der Waals surface area contributed by atoms with Gasteiger partial charge in [-0.15, -0.1) is 0 Å². The lowest BCUT2D eigenvalue weighted by Crippen LogP contribution is -3.29. The standard InChI is InChI=1S/C18H27BrN2/c1-15-3-2-4-18(13-15)21-11-9-20(10-12-21)14-16-5-7-17(19)8-6-16/h5-8,15,18H,2-4,9-14H2,1H3/p+2/t15-,18+/m0/s1. The first-order valence-electron chi connectivity index (χ1n) is 8.63. The summed E-state index contributed by atoms with van der Waals surface area (Å²) in [5, 5.41) is 0. The van der Waals surface area contributed by atoms with Crippen molar-refractivity contribution in [2.24, 2.45) is 5.92 Å². The molecule has 2 atom stereocenters. The Labute approximate surface area is 137 Å². The molecule has 1 aromatic carbocycles. The third-order valence-electron chi connectivity index (χ3n) is 5.48. The summed E-state index contributed by atoms with van der Waals surface area (Å²) in [7, 11) is 0. The number of rotatable bonds is 3. The summed E-state index contributed by atoms with van der Waals surface area (Å²) in [6.07, 6.45) is 5.87. The Hall–Kier alpha value is -0.380. The fraction of sp³-hybridized carbons (Fsp3) is 0.667. The molecule has 2 nitrogen and oxygen atoms in total. The van der Waals surface area contributed by atoms with Crippen molar-refractivity contribution in [3.8, 4) is 0 Å². The molecule has 1 heterocycles. The highest BCUT2D eigenvalue weighted by molar-refractivity contribution is 9.10. The van der Waals surface area contributed by atoms with Crippen molar-refractivity contribution < 1.29 is 9.80 Å². The zero-order valence-corrected chi connectivity index (χ0v) is 14.8. The molecule has 0 unspecified atom stereocenters. The van der Waals surface area contributed by atoms with E-state index in [9.17, 15) is 0 Å². The quantitative estimate of drug-likeness (QED) is 0.811. The lowest BCUT2D eigenvalue weighted by Gasteiger charge is -2.37. The molecule has 0 amide bonds. The second-order valence-electron chi connectivity index (χ2n) is 7.18. The molecule has 0 spiro atoms. The Bertz CT molecular complexity index is 437. The maximum atomic E-state index is 3.52. The van der Waals surface area contributed by atoms with Crippen LogP contribution < -0.4 is 9.80 Å². The van der Waals surface area contributed by atoms with Gasteiger partial charge < -0.3 is 9.80 Å². The number of benzene rings is 1. The lowest BCUT2D eigenvalue weighted by molar-refractivity contribution is -1.03. The summed E-state index contributed by atoms with van der Waals surface area (Å²) in [5.41, 5.74) is 1.47. The Morgan fingerprint density at radius 2 is 1.76 bits per heavy atom. The van der Waals surface area contributed by atoms with Crippen molar-refractivity contribution in [1.29, 1.82) is 0 Å². The van der Waals surface area contributed by atoms with Crippen LogP contribution in [0, 0.1) is 5.92 Å². The minimum Gasteiger partial charge on any atom is -0.323 e. The van der Waals surface area contributed by atoms with Gasteiger partial charge in [0.25, 0.3) is 0 Å². The molecule has 2 aliphatic rings. The lowest BCUT2D eigenvalue weighted by atomic mass is 9.86. The van der Waals surface area contributed by atoms with Gasteiger partial charge in [0.15, 0.2) is 0 Å². The summed E-state index contributed by atoms with van der Waals surface area (Å²) in [5.74, 6) is 0.962. The minimum atomic E-state index is 0.961. The van der Waals surface area contributed by atoms with E-state index in [1.165, 1.54) is 68.4 Å². The van der Waals surface area contributed by atoms with Crippen LogP contribution in [-0.4, -0.2) is 32.2 Å². The van der Waals surface area contributed by atoms with Gasteiger partial charge in [0.1, 0.15) is 32.7 Å². The Morgan fingerprint density at radius 3 is 2.43 bits per heavy atom. The van der Waals surface area contributed by atoms with E-state index in [1.54, 1.807) is 4.90 Å². The number of hydrogen-bond acceptors (Lipinski definition) is 0. The highest BCUT2D eigenvalue weighted by atomic mass is 79.9. The van der Waals surface area contributed by atoms with E-state index in [-0.39, 0.29) is 0 Å². The smallest absolute Gasteiger partial charge is 0.127 e. The fourth-order valence-electron chi connectivity index (χ4n) is 4.21. The molecule has 0 radical (unpaired) electrons. The predicted octanol–water partition coefficient (Wildman–Crippen LogP) is 1.31. The number of quaternary nitrogens is 2. The zero-order chi connectivity index (χ0) is 14.7. The van der Waals surface area contributed by atoms with Gasteiger partial charge in [-0.1, -0.05) is 41.4 Å². The van der Waals surface area contributed by atoms with E-state index < -0.39 is 0 Å². The summed E-state index contributed by atoms with van der Waals surface area (Å²) in [6, 6.07) is 9.82. The van der Waals surface area contributed by atoms with Crippen LogP contribution in [0.4, 0.5) is 0 Å². The summed E-state index contributed by atoms with van der Waals surface area (Å²) in [6.45, 7) is 9.08. The van der Waals surface area contributed by atoms with Gasteiger partial charge in [-0.25, -0.2) is 0 Å². The maximum Gasteiger partial charge on any atom is 0.127 e. The van der Waals surface area contributed by atoms with Gasteiger partial charge in [0.05, 0.1) is 6.04 Å². The van der Waals surface area contributed by atoms with Crippen LogP contribution >= 0.6 is 15.9 Å². The van der Waals surface area contributed by atoms with Crippen LogP contribution in [-0.2, 0) is 6.54 Å². The van der Waals surface area contributed by atoms with E-state index in [2.05, 4.69) is 47.1 Å². The van der Waals surface area contributed by atoms with Crippen LogP contribution in [0.25, 0.3) is 0 Å². The van der Waals surface area contributed by atoms with Crippen molar-refractivity contribution in [3.63, 3.8) is 0 Å². The average molecular weight is 353 g/mol. The molecule has 116 valence electrons. The number of piperazine rings is 1. The van der Waals surface area contributed by atoms with E-state index in [1.807, 2.05) is 4.90 Å². The topological polar surface area (TPSA) is 8.88 Å². The first-order valence-corrected chi connectivity index (χ1v) is 9.42. The van der Waals surface area contributed by atoms with Gasteiger partial charge in [-0.3, -0.25) is 0 Å². The molecular formula is C18H29BrN2+2. The highest BCUT2D eigenvalue weighted by Crippen LogP contribution is 2.21. The zero-order valence-electron chi connectivity index (χ0n) is 13.2. The Kier molecular flexibility index (Phi) is 5.36. The molecule has 2 N–H and O–H groups in total. The van der Waals surface area contributed by atoms with Crippen LogP contribution in [0.3, 0.4) is 0 Å². The van der Waals surface area contributed by atoms with Crippen LogP contribution in [0.2, 0.25) is 0 Å². The van der Waals surface area contributed by atoms with Gasteiger partial charge in [0, 0.05) is 16.5 Å². The van der Waals surface area contributed by atoms with Gasteiger partial charge in [0.2, 0.25) is 0 Å². The van der Waals surface area contributed by atoms with Crippen molar-refractivity contribution in [1.82, 2.24) is 0 Å². The van der Waals surface area contributed by atoms with Crippen LogP contribution in [0.15, 0.2) is 28.7 Å². The van der Waals surface area contributed by atoms with E-state index in [0.717, 1.165) is 12.0 Å². The first-order chi connectivity index (χ1) is 10.2. The molecule has 3 heteroatoms. The SMILES string of the molecule is C[C@H]1CCC[C@@H]([NH+]2CC[NH+](Cc3ccc(Br)cc3)CC2)C1. The summed E-state index contributed by atoms with van der Waals surface area (Å²) >= 11 is 3.52. The van der Waals surface area contributed by atoms with E-state index >= 15 is 0 Å². The monoisotopic (exact) mass is 352 g/mol. The number of nitrogens with one attached hydrogen (secondary N) is 2.